The molecule has 4 nitrogen and oxygen atoms in total. The monoisotopic (exact) mass is 483 g/mol. The number of nitrogens with zero attached hydrogens (tertiary/aromatic N) is 1. The van der Waals surface area contributed by atoms with E-state index in [4.69, 9.17) is 0 Å². The highest BCUT2D eigenvalue weighted by atomic mass is 32.2. The van der Waals surface area contributed by atoms with Gasteiger partial charge in [0.15, 0.2) is 11.5 Å². The summed E-state index contributed by atoms with van der Waals surface area (Å²) in [7, 11) is 1.24. The molecule has 0 saturated heterocycles. The lowest BCUT2D eigenvalue weighted by Gasteiger charge is -2.31. The topological polar surface area (TPSA) is 46.2 Å². The molecule has 0 aliphatic carbocycles. The van der Waals surface area contributed by atoms with Crippen molar-refractivity contribution in [2.75, 3.05) is 25.6 Å². The molecule has 168 valence electrons. The Morgan fingerprint density at radius 3 is 2.16 bits per heavy atom. The fourth-order valence-corrected chi connectivity index (χ4v) is 3.80. The number of carbonyl (C=O) groups excluding carboxylic acids is 2. The molecule has 1 atom stereocenters. The van der Waals surface area contributed by atoms with Crippen molar-refractivity contribution in [1.82, 2.24) is 9.80 Å². The van der Waals surface area contributed by atoms with Crippen LogP contribution in [0.4, 0.5) is 36.8 Å². The van der Waals surface area contributed by atoms with Gasteiger partial charge in [-0.15, -0.1) is 0 Å². The van der Waals surface area contributed by atoms with Crippen LogP contribution in [0.3, 0.4) is 0 Å². The van der Waals surface area contributed by atoms with Crippen LogP contribution in [0.2, 0.25) is 0 Å². The van der Waals surface area contributed by atoms with Crippen molar-refractivity contribution in [2.24, 2.45) is 0 Å². The average Bonchev–Trinajstić information content (AvgIpc) is 2.64. The van der Waals surface area contributed by atoms with E-state index < -0.39 is 61.6 Å². The number of carbonyl (C=O) groups is 2. The van der Waals surface area contributed by atoms with Gasteiger partial charge in [0.05, 0.1) is 7.05 Å². The fourth-order valence-electron chi connectivity index (χ4n) is 2.69. The minimum absolute atomic E-state index is 0.0529. The van der Waals surface area contributed by atoms with E-state index in [1.165, 1.54) is 18.8 Å². The Morgan fingerprint density at radius 1 is 1.03 bits per heavy atom. The van der Waals surface area contributed by atoms with Gasteiger partial charge in [-0.3, -0.25) is 4.79 Å². The Hall–Kier alpha value is -2.18. The Kier molecular flexibility index (Phi) is 8.06. The Bertz CT molecular complexity index is 966. The second-order valence-corrected chi connectivity index (χ2v) is 8.55. The first-order chi connectivity index (χ1) is 14.4. The molecule has 0 fully saturated rings. The van der Waals surface area contributed by atoms with Crippen LogP contribution in [0.25, 0.3) is 0 Å². The van der Waals surface area contributed by atoms with Gasteiger partial charge in [-0.25, -0.2) is 27.8 Å². The number of hydrogen-bond donors (Lipinski definition) is 1. The highest BCUT2D eigenvalue weighted by Crippen LogP contribution is 2.39. The molecule has 1 unspecified atom stereocenters. The van der Waals surface area contributed by atoms with Crippen molar-refractivity contribution in [3.05, 3.63) is 59.4 Å². The molecular formula is C19H17F6N2O2S2+. The molecule has 3 amide bonds. The molecule has 2 aromatic rings. The molecule has 2 aromatic carbocycles. The normalized spacial score (nSPS) is 13.5. The smallest absolute Gasteiger partial charge is 0.268 e. The summed E-state index contributed by atoms with van der Waals surface area (Å²) in [5.41, 5.74) is -5.91. The molecule has 0 bridgehead atoms. The van der Waals surface area contributed by atoms with Crippen LogP contribution in [-0.2, 0) is 0 Å². The highest BCUT2D eigenvalue weighted by molar-refractivity contribution is 8.00. The van der Waals surface area contributed by atoms with E-state index in [9.17, 15) is 35.9 Å². The third-order valence-corrected chi connectivity index (χ3v) is 5.60. The fraction of sp³-hybridized carbons (Fsp3) is 0.263. The number of rotatable bonds is 6. The predicted molar refractivity (Wildman–Crippen MR) is 108 cm³/mol. The zero-order valence-corrected chi connectivity index (χ0v) is 17.9. The molecule has 0 spiro atoms. The SMILES string of the molecule is CSCC[N+](C)(C(=O)NC(=O)c1c(F)cccc1F)c1ccc(SC(F)(F)F)cc1F. The first kappa shape index (κ1) is 25.1. The average molecular weight is 483 g/mol. The number of amides is 3. The Balaban J connectivity index is 2.39. The number of hydrogen-bond acceptors (Lipinski definition) is 4. The standard InChI is InChI=1S/C19H16F6N2O2S2/c1-27(8-9-30-2,15-7-6-11(10-14(15)22)31-19(23,24)25)18(29)26-17(28)16-12(20)4-3-5-13(16)21/h3-7,10H,8-9H2,1-2H3/p+1. The van der Waals surface area contributed by atoms with E-state index in [1.807, 2.05) is 5.32 Å². The first-order valence-electron chi connectivity index (χ1n) is 8.59. The molecule has 0 radical (unpaired) electrons. The van der Waals surface area contributed by atoms with E-state index in [-0.39, 0.29) is 12.2 Å². The first-order valence-corrected chi connectivity index (χ1v) is 10.8. The molecule has 1 N–H and O–H groups in total. The van der Waals surface area contributed by atoms with Crippen LogP contribution in [0, 0.1) is 17.5 Å². The summed E-state index contributed by atoms with van der Waals surface area (Å²) >= 11 is 0.784. The lowest BCUT2D eigenvalue weighted by Crippen LogP contribution is -2.58. The van der Waals surface area contributed by atoms with E-state index in [0.29, 0.717) is 11.8 Å². The van der Waals surface area contributed by atoms with Crippen LogP contribution in [0.5, 0.6) is 0 Å². The molecule has 2 rings (SSSR count). The summed E-state index contributed by atoms with van der Waals surface area (Å²) in [5, 5.41) is 1.86. The largest absolute Gasteiger partial charge is 0.446 e. The van der Waals surface area contributed by atoms with E-state index in [0.717, 1.165) is 30.3 Å². The van der Waals surface area contributed by atoms with E-state index >= 15 is 0 Å². The number of imide groups is 1. The molecule has 0 aromatic heterocycles. The van der Waals surface area contributed by atoms with Crippen LogP contribution in [0.15, 0.2) is 41.3 Å². The summed E-state index contributed by atoms with van der Waals surface area (Å²) in [6.45, 7) is -0.0529. The van der Waals surface area contributed by atoms with Gasteiger partial charge in [-0.1, -0.05) is 6.07 Å². The zero-order chi connectivity index (χ0) is 23.4. The third kappa shape index (κ3) is 6.17. The second-order valence-electron chi connectivity index (χ2n) is 6.42. The quantitative estimate of drug-likeness (QED) is 0.332. The molecular weight excluding hydrogens is 466 g/mol. The lowest BCUT2D eigenvalue weighted by molar-refractivity contribution is -0.0328. The van der Waals surface area contributed by atoms with Crippen molar-refractivity contribution in [1.29, 1.82) is 0 Å². The van der Waals surface area contributed by atoms with Crippen molar-refractivity contribution >= 4 is 41.1 Å². The lowest BCUT2D eigenvalue weighted by atomic mass is 10.2. The molecule has 12 heteroatoms. The molecule has 0 heterocycles. The molecule has 0 saturated carbocycles. The molecule has 0 aliphatic rings. The van der Waals surface area contributed by atoms with Gasteiger partial charge in [0.1, 0.15) is 23.7 Å². The third-order valence-electron chi connectivity index (χ3n) is 4.29. The number of quaternary nitrogens is 1. The maximum Gasteiger partial charge on any atom is 0.446 e. The van der Waals surface area contributed by atoms with Crippen LogP contribution >= 0.6 is 23.5 Å². The van der Waals surface area contributed by atoms with Gasteiger partial charge in [-0.05, 0) is 42.3 Å². The van der Waals surface area contributed by atoms with E-state index in [2.05, 4.69) is 0 Å². The summed E-state index contributed by atoms with van der Waals surface area (Å²) in [6, 6.07) is 4.25. The highest BCUT2D eigenvalue weighted by Gasteiger charge is 2.39. The minimum Gasteiger partial charge on any atom is -0.268 e. The predicted octanol–water partition coefficient (Wildman–Crippen LogP) is 5.57. The minimum atomic E-state index is -4.63. The van der Waals surface area contributed by atoms with Gasteiger partial charge in [0, 0.05) is 16.7 Å². The van der Waals surface area contributed by atoms with Crippen molar-refractivity contribution < 1.29 is 35.9 Å². The summed E-state index contributed by atoms with van der Waals surface area (Å²) in [5.74, 6) is -4.53. The number of urea groups is 1. The van der Waals surface area contributed by atoms with Crippen molar-refractivity contribution in [3.63, 3.8) is 0 Å². The summed E-state index contributed by atoms with van der Waals surface area (Å²) in [6.07, 6.45) is 1.71. The number of nitrogens with one attached hydrogen (secondary N) is 1. The van der Waals surface area contributed by atoms with Gasteiger partial charge in [0.25, 0.3) is 5.91 Å². The molecule has 0 aliphatic heterocycles. The van der Waals surface area contributed by atoms with Gasteiger partial charge in [-0.2, -0.15) is 24.9 Å². The number of halogens is 6. The Morgan fingerprint density at radius 2 is 1.65 bits per heavy atom. The van der Waals surface area contributed by atoms with Crippen molar-refractivity contribution in [2.45, 2.75) is 10.4 Å². The maximum atomic E-state index is 14.7. The number of benzene rings is 2. The number of thioether (sulfide) groups is 2. The number of alkyl halides is 3. The van der Waals surface area contributed by atoms with Crippen LogP contribution in [0.1, 0.15) is 10.4 Å². The summed E-state index contributed by atoms with van der Waals surface area (Å²) in [4.78, 5) is 24.8. The maximum absolute atomic E-state index is 14.7. The van der Waals surface area contributed by atoms with Gasteiger partial charge >= 0.3 is 11.5 Å². The van der Waals surface area contributed by atoms with Crippen LogP contribution in [-0.4, -0.2) is 43.0 Å². The van der Waals surface area contributed by atoms with Gasteiger partial charge < -0.3 is 0 Å². The van der Waals surface area contributed by atoms with Gasteiger partial charge in [0.2, 0.25) is 0 Å². The van der Waals surface area contributed by atoms with E-state index in [1.54, 1.807) is 6.26 Å². The summed E-state index contributed by atoms with van der Waals surface area (Å²) < 4.78 is 79.2. The zero-order valence-electron chi connectivity index (χ0n) is 16.2. The second kappa shape index (κ2) is 9.96. The van der Waals surface area contributed by atoms with Crippen LogP contribution < -0.4 is 9.80 Å². The molecule has 31 heavy (non-hydrogen) atoms. The van der Waals surface area contributed by atoms with Crippen molar-refractivity contribution in [3.8, 4) is 0 Å². The Labute approximate surface area is 182 Å².